The van der Waals surface area contributed by atoms with Crippen molar-refractivity contribution in [3.63, 3.8) is 0 Å². The minimum atomic E-state index is -0.331. The van der Waals surface area contributed by atoms with E-state index in [0.29, 0.717) is 27.5 Å². The van der Waals surface area contributed by atoms with E-state index in [9.17, 15) is 9.59 Å². The van der Waals surface area contributed by atoms with Crippen molar-refractivity contribution in [2.24, 2.45) is 0 Å². The van der Waals surface area contributed by atoms with Crippen LogP contribution in [0.25, 0.3) is 0 Å². The van der Waals surface area contributed by atoms with Gasteiger partial charge in [-0.3, -0.25) is 14.9 Å². The van der Waals surface area contributed by atoms with Crippen molar-refractivity contribution in [3.05, 3.63) is 94.5 Å². The first-order valence-corrected chi connectivity index (χ1v) is 9.56. The van der Waals surface area contributed by atoms with Gasteiger partial charge in [-0.25, -0.2) is 0 Å². The topological polar surface area (TPSA) is 70.2 Å². The minimum absolute atomic E-state index is 0.172. The van der Waals surface area contributed by atoms with Gasteiger partial charge in [0.25, 0.3) is 11.8 Å². The maximum absolute atomic E-state index is 12.3. The molecule has 0 aromatic heterocycles. The zero-order valence-electron chi connectivity index (χ0n) is 15.5. The largest absolute Gasteiger partial charge is 0.332 e. The molecule has 0 aliphatic carbocycles. The molecule has 7 heteroatoms. The third-order valence-corrected chi connectivity index (χ3v) is 4.56. The van der Waals surface area contributed by atoms with Gasteiger partial charge in [0.2, 0.25) is 0 Å². The van der Waals surface area contributed by atoms with Gasteiger partial charge in [0.15, 0.2) is 5.11 Å². The number of anilines is 2. The summed E-state index contributed by atoms with van der Waals surface area (Å²) in [7, 11) is 0. The average Bonchev–Trinajstić information content (AvgIpc) is 2.71. The molecule has 3 aromatic rings. The highest BCUT2D eigenvalue weighted by Crippen LogP contribution is 2.20. The fraction of sp³-hybridized carbons (Fsp3) is 0.0455. The molecule has 0 aliphatic rings. The standard InChI is InChI=1S/C22H18ClN3O2S/c1-14-13-18(11-12-19(14)25-20(27)15-5-3-2-4-6-15)24-22(29)26-21(28)16-7-9-17(23)10-8-16/h2-13H,1H3,(H,25,27)(H2,24,26,28,29). The van der Waals surface area contributed by atoms with Crippen LogP contribution in [0.15, 0.2) is 72.8 Å². The highest BCUT2D eigenvalue weighted by molar-refractivity contribution is 7.80. The average molecular weight is 424 g/mol. The summed E-state index contributed by atoms with van der Waals surface area (Å²) in [5, 5.41) is 9.20. The summed E-state index contributed by atoms with van der Waals surface area (Å²) >= 11 is 11.0. The molecule has 0 spiro atoms. The Hall–Kier alpha value is -3.22. The highest BCUT2D eigenvalue weighted by Gasteiger charge is 2.10. The summed E-state index contributed by atoms with van der Waals surface area (Å²) in [6.07, 6.45) is 0. The molecule has 29 heavy (non-hydrogen) atoms. The van der Waals surface area contributed by atoms with Gasteiger partial charge in [-0.1, -0.05) is 29.8 Å². The Morgan fingerprint density at radius 3 is 2.14 bits per heavy atom. The number of carbonyl (C=O) groups excluding carboxylic acids is 2. The molecule has 0 saturated heterocycles. The van der Waals surface area contributed by atoms with Gasteiger partial charge < -0.3 is 10.6 Å². The molecule has 0 unspecified atom stereocenters. The number of hydrogen-bond donors (Lipinski definition) is 3. The van der Waals surface area contributed by atoms with Crippen LogP contribution in [0.5, 0.6) is 0 Å². The smallest absolute Gasteiger partial charge is 0.257 e. The SMILES string of the molecule is Cc1cc(NC(=S)NC(=O)c2ccc(Cl)cc2)ccc1NC(=O)c1ccccc1. The van der Waals surface area contributed by atoms with Crippen molar-refractivity contribution in [2.45, 2.75) is 6.92 Å². The molecule has 2 amide bonds. The zero-order valence-corrected chi connectivity index (χ0v) is 17.1. The molecule has 0 saturated carbocycles. The molecule has 3 aromatic carbocycles. The predicted molar refractivity (Wildman–Crippen MR) is 121 cm³/mol. The number of rotatable bonds is 4. The third kappa shape index (κ3) is 5.63. The van der Waals surface area contributed by atoms with Gasteiger partial charge in [0.05, 0.1) is 0 Å². The first-order chi connectivity index (χ1) is 13.9. The molecule has 0 bridgehead atoms. The lowest BCUT2D eigenvalue weighted by molar-refractivity contribution is 0.0976. The van der Waals surface area contributed by atoms with Crippen LogP contribution < -0.4 is 16.0 Å². The first-order valence-electron chi connectivity index (χ1n) is 8.77. The van der Waals surface area contributed by atoms with Gasteiger partial charge in [0, 0.05) is 27.5 Å². The summed E-state index contributed by atoms with van der Waals surface area (Å²) in [6.45, 7) is 1.88. The second-order valence-corrected chi connectivity index (χ2v) is 7.11. The highest BCUT2D eigenvalue weighted by atomic mass is 35.5. The Bertz CT molecular complexity index is 1050. The van der Waals surface area contributed by atoms with Gasteiger partial charge in [-0.05, 0) is 79.3 Å². The van der Waals surface area contributed by atoms with E-state index >= 15 is 0 Å². The molecule has 3 N–H and O–H groups in total. The second-order valence-electron chi connectivity index (χ2n) is 6.26. The molecule has 0 heterocycles. The van der Waals surface area contributed by atoms with Crippen LogP contribution in [0.4, 0.5) is 11.4 Å². The van der Waals surface area contributed by atoms with Crippen LogP contribution in [0.3, 0.4) is 0 Å². The lowest BCUT2D eigenvalue weighted by Crippen LogP contribution is -2.34. The lowest BCUT2D eigenvalue weighted by Gasteiger charge is -2.13. The summed E-state index contributed by atoms with van der Waals surface area (Å²) in [4.78, 5) is 24.5. The van der Waals surface area contributed by atoms with Crippen LogP contribution in [0, 0.1) is 6.92 Å². The van der Waals surface area contributed by atoms with Gasteiger partial charge in [0.1, 0.15) is 0 Å². The van der Waals surface area contributed by atoms with E-state index in [1.54, 1.807) is 48.5 Å². The van der Waals surface area contributed by atoms with Crippen molar-refractivity contribution >= 4 is 52.1 Å². The number of amides is 2. The second kappa shape index (κ2) is 9.32. The van der Waals surface area contributed by atoms with Crippen LogP contribution in [-0.4, -0.2) is 16.9 Å². The van der Waals surface area contributed by atoms with Crippen molar-refractivity contribution < 1.29 is 9.59 Å². The van der Waals surface area contributed by atoms with Crippen LogP contribution in [0.1, 0.15) is 26.3 Å². The van der Waals surface area contributed by atoms with E-state index in [2.05, 4.69) is 16.0 Å². The van der Waals surface area contributed by atoms with E-state index in [-0.39, 0.29) is 16.9 Å². The maximum atomic E-state index is 12.3. The lowest BCUT2D eigenvalue weighted by atomic mass is 10.1. The molecular weight excluding hydrogens is 406 g/mol. The quantitative estimate of drug-likeness (QED) is 0.515. The van der Waals surface area contributed by atoms with E-state index < -0.39 is 0 Å². The number of benzene rings is 3. The Morgan fingerprint density at radius 2 is 1.48 bits per heavy atom. The van der Waals surface area contributed by atoms with Gasteiger partial charge in [-0.2, -0.15) is 0 Å². The predicted octanol–water partition coefficient (Wildman–Crippen LogP) is 5.03. The normalized spacial score (nSPS) is 10.1. The number of nitrogens with one attached hydrogen (secondary N) is 3. The summed E-state index contributed by atoms with van der Waals surface area (Å²) in [5.41, 5.74) is 3.28. The van der Waals surface area contributed by atoms with Crippen molar-refractivity contribution in [2.75, 3.05) is 10.6 Å². The van der Waals surface area contributed by atoms with Crippen LogP contribution in [-0.2, 0) is 0 Å². The Balaban J connectivity index is 1.61. The number of halogens is 1. The molecule has 0 fully saturated rings. The molecule has 5 nitrogen and oxygen atoms in total. The number of hydrogen-bond acceptors (Lipinski definition) is 3. The molecule has 0 atom stereocenters. The van der Waals surface area contributed by atoms with Gasteiger partial charge in [-0.15, -0.1) is 0 Å². The van der Waals surface area contributed by atoms with Crippen molar-refractivity contribution in [3.8, 4) is 0 Å². The van der Waals surface area contributed by atoms with Crippen molar-refractivity contribution in [1.29, 1.82) is 0 Å². The molecule has 0 radical (unpaired) electrons. The zero-order chi connectivity index (χ0) is 20.8. The molecular formula is C22H18ClN3O2S. The van der Waals surface area contributed by atoms with Gasteiger partial charge >= 0.3 is 0 Å². The van der Waals surface area contributed by atoms with E-state index in [4.69, 9.17) is 23.8 Å². The molecule has 3 rings (SSSR count). The van der Waals surface area contributed by atoms with E-state index in [1.165, 1.54) is 0 Å². The minimum Gasteiger partial charge on any atom is -0.332 e. The number of thiocarbonyl (C=S) groups is 1. The Labute approximate surface area is 179 Å². The summed E-state index contributed by atoms with van der Waals surface area (Å²) < 4.78 is 0. The Kier molecular flexibility index (Phi) is 6.59. The maximum Gasteiger partial charge on any atom is 0.257 e. The number of carbonyl (C=O) groups is 2. The summed E-state index contributed by atoms with van der Waals surface area (Å²) in [5.74, 6) is -0.511. The van der Waals surface area contributed by atoms with E-state index in [0.717, 1.165) is 5.56 Å². The van der Waals surface area contributed by atoms with Crippen molar-refractivity contribution in [1.82, 2.24) is 5.32 Å². The fourth-order valence-electron chi connectivity index (χ4n) is 2.60. The third-order valence-electron chi connectivity index (χ3n) is 4.10. The monoisotopic (exact) mass is 423 g/mol. The fourth-order valence-corrected chi connectivity index (χ4v) is 2.94. The number of aryl methyl sites for hydroxylation is 1. The van der Waals surface area contributed by atoms with Crippen LogP contribution >= 0.6 is 23.8 Å². The van der Waals surface area contributed by atoms with Crippen LogP contribution in [0.2, 0.25) is 5.02 Å². The van der Waals surface area contributed by atoms with E-state index in [1.807, 2.05) is 31.2 Å². The Morgan fingerprint density at radius 1 is 0.828 bits per heavy atom. The summed E-state index contributed by atoms with van der Waals surface area (Å²) in [6, 6.07) is 20.9. The first kappa shape index (κ1) is 20.5. The molecule has 0 aliphatic heterocycles. The molecule has 146 valence electrons.